The monoisotopic (exact) mass is 432 g/mol. The standard InChI is InChI=1S/C25H28N4O3/c1-18-14-21(27-20-6-5-7-22(15-20)32-2)16-23(26-18)19-9-12-29(17-19)25(31)10-13-28-11-4-3-8-24(28)30/h3-8,11,14-16,19H,9-10,12-13,17H2,1-2H3,(H,26,27)/t19-/m1/s1. The van der Waals surface area contributed by atoms with Gasteiger partial charge in [-0.1, -0.05) is 12.1 Å². The zero-order chi connectivity index (χ0) is 22.5. The van der Waals surface area contributed by atoms with Crippen LogP contribution in [0.15, 0.2) is 65.6 Å². The van der Waals surface area contributed by atoms with Crippen LogP contribution < -0.4 is 15.6 Å². The lowest BCUT2D eigenvalue weighted by molar-refractivity contribution is -0.130. The molecule has 0 radical (unpaired) electrons. The maximum Gasteiger partial charge on any atom is 0.250 e. The Morgan fingerprint density at radius 1 is 1.16 bits per heavy atom. The fourth-order valence-electron chi connectivity index (χ4n) is 4.09. The molecule has 4 rings (SSSR count). The first-order valence-corrected chi connectivity index (χ1v) is 10.8. The number of nitrogens with one attached hydrogen (secondary N) is 1. The van der Waals surface area contributed by atoms with Crippen LogP contribution in [0.25, 0.3) is 0 Å². The highest BCUT2D eigenvalue weighted by Crippen LogP contribution is 2.30. The normalized spacial score (nSPS) is 15.6. The molecule has 1 aliphatic rings. The van der Waals surface area contributed by atoms with Gasteiger partial charge in [-0.2, -0.15) is 0 Å². The van der Waals surface area contributed by atoms with Crippen LogP contribution in [0.1, 0.15) is 30.1 Å². The Morgan fingerprint density at radius 3 is 2.84 bits per heavy atom. The lowest BCUT2D eigenvalue weighted by Crippen LogP contribution is -2.30. The number of benzene rings is 1. The summed E-state index contributed by atoms with van der Waals surface area (Å²) < 4.78 is 6.87. The van der Waals surface area contributed by atoms with Crippen LogP contribution in [-0.4, -0.2) is 40.6 Å². The minimum Gasteiger partial charge on any atom is -0.497 e. The van der Waals surface area contributed by atoms with Gasteiger partial charge in [-0.3, -0.25) is 14.6 Å². The minimum atomic E-state index is -0.0837. The van der Waals surface area contributed by atoms with Crippen molar-refractivity contribution in [2.75, 3.05) is 25.5 Å². The summed E-state index contributed by atoms with van der Waals surface area (Å²) in [5.41, 5.74) is 3.75. The van der Waals surface area contributed by atoms with Gasteiger partial charge in [-0.15, -0.1) is 0 Å². The van der Waals surface area contributed by atoms with Gasteiger partial charge < -0.3 is 19.5 Å². The van der Waals surface area contributed by atoms with E-state index < -0.39 is 0 Å². The van der Waals surface area contributed by atoms with Crippen LogP contribution in [0.5, 0.6) is 5.75 Å². The molecule has 1 aromatic carbocycles. The number of amides is 1. The lowest BCUT2D eigenvalue weighted by atomic mass is 10.0. The largest absolute Gasteiger partial charge is 0.497 e. The minimum absolute atomic E-state index is 0.0747. The van der Waals surface area contributed by atoms with Gasteiger partial charge >= 0.3 is 0 Å². The van der Waals surface area contributed by atoms with Crippen molar-refractivity contribution in [1.29, 1.82) is 0 Å². The zero-order valence-electron chi connectivity index (χ0n) is 18.5. The number of nitrogens with zero attached hydrogens (tertiary/aromatic N) is 3. The topological polar surface area (TPSA) is 76.5 Å². The summed E-state index contributed by atoms with van der Waals surface area (Å²) in [6.07, 6.45) is 2.92. The van der Waals surface area contributed by atoms with E-state index in [-0.39, 0.29) is 17.4 Å². The molecular weight excluding hydrogens is 404 g/mol. The van der Waals surface area contributed by atoms with Gasteiger partial charge in [0, 0.05) is 73.1 Å². The summed E-state index contributed by atoms with van der Waals surface area (Å²) in [6, 6.07) is 16.9. The molecule has 1 atom stereocenters. The number of rotatable bonds is 7. The molecule has 1 N–H and O–H groups in total. The van der Waals surface area contributed by atoms with Gasteiger partial charge in [-0.05, 0) is 43.7 Å². The molecule has 32 heavy (non-hydrogen) atoms. The Morgan fingerprint density at radius 2 is 2.03 bits per heavy atom. The van der Waals surface area contributed by atoms with Crippen molar-refractivity contribution in [1.82, 2.24) is 14.5 Å². The first-order chi connectivity index (χ1) is 15.5. The molecule has 0 spiro atoms. The summed E-state index contributed by atoms with van der Waals surface area (Å²) in [5, 5.41) is 3.43. The molecule has 1 aliphatic heterocycles. The van der Waals surface area contributed by atoms with Crippen molar-refractivity contribution in [3.05, 3.63) is 82.5 Å². The molecule has 0 saturated carbocycles. The fraction of sp³-hybridized carbons (Fsp3) is 0.320. The zero-order valence-corrected chi connectivity index (χ0v) is 18.5. The molecule has 1 amide bonds. The van der Waals surface area contributed by atoms with E-state index in [1.54, 1.807) is 30.0 Å². The van der Waals surface area contributed by atoms with Crippen LogP contribution in [0, 0.1) is 6.92 Å². The van der Waals surface area contributed by atoms with Crippen molar-refractivity contribution in [2.24, 2.45) is 0 Å². The molecule has 166 valence electrons. The van der Waals surface area contributed by atoms with Crippen LogP contribution in [0.2, 0.25) is 0 Å². The molecule has 3 heterocycles. The van der Waals surface area contributed by atoms with Gasteiger partial charge in [0.2, 0.25) is 5.91 Å². The quantitative estimate of drug-likeness (QED) is 0.616. The fourth-order valence-corrected chi connectivity index (χ4v) is 4.09. The molecule has 7 heteroatoms. The average Bonchev–Trinajstić information content (AvgIpc) is 3.29. The second-order valence-electron chi connectivity index (χ2n) is 8.09. The third kappa shape index (κ3) is 5.17. The van der Waals surface area contributed by atoms with Gasteiger partial charge in [0.15, 0.2) is 0 Å². The number of hydrogen-bond acceptors (Lipinski definition) is 5. The number of aromatic nitrogens is 2. The van der Waals surface area contributed by atoms with Crippen molar-refractivity contribution in [3.8, 4) is 5.75 Å². The maximum atomic E-state index is 12.7. The second-order valence-corrected chi connectivity index (χ2v) is 8.09. The van der Waals surface area contributed by atoms with Crippen LogP contribution >= 0.6 is 0 Å². The van der Waals surface area contributed by atoms with E-state index in [0.29, 0.717) is 26.1 Å². The number of hydrogen-bond donors (Lipinski definition) is 1. The van der Waals surface area contributed by atoms with E-state index in [1.165, 1.54) is 6.07 Å². The number of methoxy groups -OCH3 is 1. The number of carbonyl (C=O) groups is 1. The van der Waals surface area contributed by atoms with Gasteiger partial charge in [-0.25, -0.2) is 0 Å². The van der Waals surface area contributed by atoms with Crippen molar-refractivity contribution >= 4 is 17.3 Å². The first-order valence-electron chi connectivity index (χ1n) is 10.8. The molecule has 0 unspecified atom stereocenters. The SMILES string of the molecule is COc1cccc(Nc2cc(C)nc([C@@H]3CCN(C(=O)CCn4ccccc4=O)C3)c2)c1. The highest BCUT2D eigenvalue weighted by molar-refractivity contribution is 5.76. The highest BCUT2D eigenvalue weighted by Gasteiger charge is 2.28. The van der Waals surface area contributed by atoms with E-state index in [2.05, 4.69) is 11.4 Å². The summed E-state index contributed by atoms with van der Waals surface area (Å²) in [4.78, 5) is 31.2. The highest BCUT2D eigenvalue weighted by atomic mass is 16.5. The Labute approximate surface area is 187 Å². The van der Waals surface area contributed by atoms with Gasteiger partial charge in [0.25, 0.3) is 5.56 Å². The Bertz CT molecular complexity index is 1160. The van der Waals surface area contributed by atoms with E-state index in [1.807, 2.05) is 42.2 Å². The molecule has 2 aromatic heterocycles. The number of ether oxygens (including phenoxy) is 1. The molecule has 0 bridgehead atoms. The van der Waals surface area contributed by atoms with Gasteiger partial charge in [0.05, 0.1) is 7.11 Å². The molecular formula is C25H28N4O3. The van der Waals surface area contributed by atoms with Gasteiger partial charge in [0.1, 0.15) is 5.75 Å². The van der Waals surface area contributed by atoms with Crippen molar-refractivity contribution in [3.63, 3.8) is 0 Å². The smallest absolute Gasteiger partial charge is 0.250 e. The van der Waals surface area contributed by atoms with Crippen LogP contribution in [-0.2, 0) is 11.3 Å². The Kier molecular flexibility index (Phi) is 6.54. The predicted molar refractivity (Wildman–Crippen MR) is 125 cm³/mol. The summed E-state index contributed by atoms with van der Waals surface area (Å²) in [5.74, 6) is 1.07. The number of carbonyl (C=O) groups excluding carboxylic acids is 1. The van der Waals surface area contributed by atoms with E-state index >= 15 is 0 Å². The molecule has 0 aliphatic carbocycles. The number of pyridine rings is 2. The van der Waals surface area contributed by atoms with Crippen molar-refractivity contribution < 1.29 is 9.53 Å². The molecule has 3 aromatic rings. The summed E-state index contributed by atoms with van der Waals surface area (Å²) in [7, 11) is 1.65. The predicted octanol–water partition coefficient (Wildman–Crippen LogP) is 3.71. The van der Waals surface area contributed by atoms with Crippen molar-refractivity contribution in [2.45, 2.75) is 32.2 Å². The number of anilines is 2. The third-order valence-electron chi connectivity index (χ3n) is 5.76. The number of likely N-dealkylation sites (tertiary alicyclic amines) is 1. The lowest BCUT2D eigenvalue weighted by Gasteiger charge is -2.17. The van der Waals surface area contributed by atoms with E-state index in [9.17, 15) is 9.59 Å². The second kappa shape index (κ2) is 9.68. The molecule has 7 nitrogen and oxygen atoms in total. The Balaban J connectivity index is 1.40. The average molecular weight is 433 g/mol. The Hall–Kier alpha value is -3.61. The molecule has 1 saturated heterocycles. The van der Waals surface area contributed by atoms with E-state index in [4.69, 9.17) is 9.72 Å². The number of aryl methyl sites for hydroxylation is 2. The van der Waals surface area contributed by atoms with Crippen LogP contribution in [0.4, 0.5) is 11.4 Å². The third-order valence-corrected chi connectivity index (χ3v) is 5.76. The molecule has 1 fully saturated rings. The summed E-state index contributed by atoms with van der Waals surface area (Å²) in [6.45, 7) is 3.74. The van der Waals surface area contributed by atoms with Crippen LogP contribution in [0.3, 0.4) is 0 Å². The van der Waals surface area contributed by atoms with E-state index in [0.717, 1.165) is 34.9 Å². The first kappa shape index (κ1) is 21.6. The summed E-state index contributed by atoms with van der Waals surface area (Å²) >= 11 is 0. The maximum absolute atomic E-state index is 12.7.